The number of hydrogen-bond acceptors (Lipinski definition) is 5. The van der Waals surface area contributed by atoms with Gasteiger partial charge in [0.1, 0.15) is 5.75 Å². The number of nitrogens with zero attached hydrogens (tertiary/aromatic N) is 3. The number of amides is 1. The molecule has 0 spiro atoms. The standard InChI is InChI=1S/C25H30N4O3/c1-18-24(19(2)29(27-18)21-7-5-4-6-8-21)25(30)26-17-23(28-13-15-32-16-14-28)20-9-11-22(31-3)12-10-20/h4-12,23H,13-17H2,1-3H3,(H,26,30). The predicted octanol–water partition coefficient (Wildman–Crippen LogP) is 3.30. The molecule has 0 radical (unpaired) electrons. The van der Waals surface area contributed by atoms with E-state index in [2.05, 4.69) is 27.4 Å². The van der Waals surface area contributed by atoms with Crippen LogP contribution < -0.4 is 10.1 Å². The van der Waals surface area contributed by atoms with Gasteiger partial charge in [0.15, 0.2) is 0 Å². The van der Waals surface area contributed by atoms with Gasteiger partial charge in [-0.2, -0.15) is 5.10 Å². The Morgan fingerprint density at radius 2 is 1.78 bits per heavy atom. The van der Waals surface area contributed by atoms with Crippen LogP contribution in [0.5, 0.6) is 5.75 Å². The van der Waals surface area contributed by atoms with Gasteiger partial charge in [-0.25, -0.2) is 4.68 Å². The molecule has 1 fully saturated rings. The maximum atomic E-state index is 13.2. The lowest BCUT2D eigenvalue weighted by Gasteiger charge is -2.35. The third kappa shape index (κ3) is 4.69. The van der Waals surface area contributed by atoms with Gasteiger partial charge in [0.05, 0.1) is 49.0 Å². The molecule has 1 aliphatic rings. The number of aryl methyl sites for hydroxylation is 1. The van der Waals surface area contributed by atoms with Gasteiger partial charge in [0, 0.05) is 19.6 Å². The molecule has 3 aromatic rings. The van der Waals surface area contributed by atoms with Crippen molar-refractivity contribution in [2.75, 3.05) is 40.0 Å². The number of nitrogens with one attached hydrogen (secondary N) is 1. The monoisotopic (exact) mass is 434 g/mol. The molecule has 168 valence electrons. The number of carbonyl (C=O) groups is 1. The number of ether oxygens (including phenoxy) is 2. The smallest absolute Gasteiger partial charge is 0.255 e. The molecule has 7 nitrogen and oxygen atoms in total. The van der Waals surface area contributed by atoms with Gasteiger partial charge in [0.25, 0.3) is 5.91 Å². The van der Waals surface area contributed by atoms with Crippen LogP contribution in [-0.2, 0) is 4.74 Å². The van der Waals surface area contributed by atoms with Gasteiger partial charge < -0.3 is 14.8 Å². The molecule has 2 aromatic carbocycles. The quantitative estimate of drug-likeness (QED) is 0.618. The first-order valence-corrected chi connectivity index (χ1v) is 10.9. The average Bonchev–Trinajstić information content (AvgIpc) is 3.14. The summed E-state index contributed by atoms with van der Waals surface area (Å²) in [7, 11) is 1.66. The van der Waals surface area contributed by atoms with E-state index in [0.717, 1.165) is 41.5 Å². The van der Waals surface area contributed by atoms with E-state index in [1.807, 2.05) is 61.0 Å². The molecule has 0 saturated carbocycles. The number of hydrogen-bond donors (Lipinski definition) is 1. The maximum Gasteiger partial charge on any atom is 0.255 e. The molecule has 1 atom stereocenters. The highest BCUT2D eigenvalue weighted by Gasteiger charge is 2.25. The van der Waals surface area contributed by atoms with Crippen molar-refractivity contribution >= 4 is 5.91 Å². The Morgan fingerprint density at radius 3 is 2.44 bits per heavy atom. The van der Waals surface area contributed by atoms with Crippen molar-refractivity contribution in [1.29, 1.82) is 0 Å². The van der Waals surface area contributed by atoms with Gasteiger partial charge in [-0.3, -0.25) is 9.69 Å². The minimum atomic E-state index is -0.103. The van der Waals surface area contributed by atoms with E-state index in [0.29, 0.717) is 25.3 Å². The van der Waals surface area contributed by atoms with Crippen molar-refractivity contribution in [3.8, 4) is 11.4 Å². The first kappa shape index (κ1) is 22.0. The highest BCUT2D eigenvalue weighted by Crippen LogP contribution is 2.24. The molecule has 1 saturated heterocycles. The van der Waals surface area contributed by atoms with Crippen molar-refractivity contribution in [3.05, 3.63) is 77.1 Å². The topological polar surface area (TPSA) is 68.6 Å². The largest absolute Gasteiger partial charge is 0.497 e. The van der Waals surface area contributed by atoms with Crippen LogP contribution in [0, 0.1) is 13.8 Å². The molecule has 2 heterocycles. The average molecular weight is 435 g/mol. The van der Waals surface area contributed by atoms with Crippen LogP contribution in [0.25, 0.3) is 5.69 Å². The number of benzene rings is 2. The molecule has 1 aliphatic heterocycles. The number of aromatic nitrogens is 2. The van der Waals surface area contributed by atoms with Gasteiger partial charge in [-0.05, 0) is 43.7 Å². The minimum Gasteiger partial charge on any atom is -0.497 e. The normalized spacial score (nSPS) is 15.3. The molecule has 32 heavy (non-hydrogen) atoms. The zero-order chi connectivity index (χ0) is 22.5. The molecule has 1 aromatic heterocycles. The maximum absolute atomic E-state index is 13.2. The molecule has 7 heteroatoms. The third-order valence-electron chi connectivity index (χ3n) is 5.96. The van der Waals surface area contributed by atoms with Crippen LogP contribution in [0.3, 0.4) is 0 Å². The molecule has 1 unspecified atom stereocenters. The number of morpholine rings is 1. The summed E-state index contributed by atoms with van der Waals surface area (Å²) in [5, 5.41) is 7.77. The number of para-hydroxylation sites is 1. The molecule has 0 bridgehead atoms. The van der Waals surface area contributed by atoms with Crippen molar-refractivity contribution < 1.29 is 14.3 Å². The second-order valence-corrected chi connectivity index (χ2v) is 7.94. The first-order valence-electron chi connectivity index (χ1n) is 10.9. The highest BCUT2D eigenvalue weighted by atomic mass is 16.5. The number of carbonyl (C=O) groups excluding carboxylic acids is 1. The lowest BCUT2D eigenvalue weighted by atomic mass is 10.0. The molecule has 4 rings (SSSR count). The summed E-state index contributed by atoms with van der Waals surface area (Å²) >= 11 is 0. The summed E-state index contributed by atoms with van der Waals surface area (Å²) in [4.78, 5) is 15.6. The summed E-state index contributed by atoms with van der Waals surface area (Å²) < 4.78 is 12.7. The fourth-order valence-electron chi connectivity index (χ4n) is 4.24. The van der Waals surface area contributed by atoms with Crippen LogP contribution in [0.15, 0.2) is 54.6 Å². The van der Waals surface area contributed by atoms with Crippen LogP contribution in [0.1, 0.15) is 33.4 Å². The summed E-state index contributed by atoms with van der Waals surface area (Å²) in [6.45, 7) is 7.37. The number of methoxy groups -OCH3 is 1. The Labute approximate surface area is 188 Å². The zero-order valence-corrected chi connectivity index (χ0v) is 18.9. The van der Waals surface area contributed by atoms with Crippen LogP contribution >= 0.6 is 0 Å². The lowest BCUT2D eigenvalue weighted by molar-refractivity contribution is 0.0162. The Morgan fingerprint density at radius 1 is 1.09 bits per heavy atom. The van der Waals surface area contributed by atoms with Gasteiger partial charge in [-0.1, -0.05) is 30.3 Å². The highest BCUT2D eigenvalue weighted by molar-refractivity contribution is 5.96. The van der Waals surface area contributed by atoms with E-state index in [1.54, 1.807) is 7.11 Å². The van der Waals surface area contributed by atoms with Crippen molar-refractivity contribution in [1.82, 2.24) is 20.0 Å². The van der Waals surface area contributed by atoms with Crippen molar-refractivity contribution in [3.63, 3.8) is 0 Å². The van der Waals surface area contributed by atoms with E-state index in [-0.39, 0.29) is 11.9 Å². The first-order chi connectivity index (χ1) is 15.6. The third-order valence-corrected chi connectivity index (χ3v) is 5.96. The van der Waals surface area contributed by atoms with Gasteiger partial charge in [0.2, 0.25) is 0 Å². The van der Waals surface area contributed by atoms with Crippen LogP contribution in [-0.4, -0.2) is 60.5 Å². The Bertz CT molecular complexity index is 1040. The van der Waals surface area contributed by atoms with E-state index in [9.17, 15) is 4.79 Å². The summed E-state index contributed by atoms with van der Waals surface area (Å²) in [5.41, 5.74) is 4.26. The molecule has 0 aliphatic carbocycles. The van der Waals surface area contributed by atoms with E-state index in [1.165, 1.54) is 0 Å². The Kier molecular flexibility index (Phi) is 6.87. The summed E-state index contributed by atoms with van der Waals surface area (Å²) in [5.74, 6) is 0.715. The molecular weight excluding hydrogens is 404 g/mol. The summed E-state index contributed by atoms with van der Waals surface area (Å²) in [6.07, 6.45) is 0. The van der Waals surface area contributed by atoms with Crippen LogP contribution in [0.2, 0.25) is 0 Å². The van der Waals surface area contributed by atoms with Crippen molar-refractivity contribution in [2.45, 2.75) is 19.9 Å². The minimum absolute atomic E-state index is 0.0542. The fourth-order valence-corrected chi connectivity index (χ4v) is 4.24. The summed E-state index contributed by atoms with van der Waals surface area (Å²) in [6, 6.07) is 18.0. The molecular formula is C25H30N4O3. The van der Waals surface area contributed by atoms with Crippen LogP contribution in [0.4, 0.5) is 0 Å². The lowest BCUT2D eigenvalue weighted by Crippen LogP contribution is -2.44. The molecule has 1 amide bonds. The van der Waals surface area contributed by atoms with Gasteiger partial charge >= 0.3 is 0 Å². The zero-order valence-electron chi connectivity index (χ0n) is 18.9. The predicted molar refractivity (Wildman–Crippen MR) is 123 cm³/mol. The molecule has 1 N–H and O–H groups in total. The number of rotatable bonds is 7. The second kappa shape index (κ2) is 9.97. The Hall–Kier alpha value is -3.16. The van der Waals surface area contributed by atoms with E-state index >= 15 is 0 Å². The fraction of sp³-hybridized carbons (Fsp3) is 0.360. The van der Waals surface area contributed by atoms with E-state index < -0.39 is 0 Å². The Balaban J connectivity index is 1.54. The van der Waals surface area contributed by atoms with E-state index in [4.69, 9.17) is 9.47 Å². The van der Waals surface area contributed by atoms with Crippen molar-refractivity contribution in [2.24, 2.45) is 0 Å². The SMILES string of the molecule is COc1ccc(C(CNC(=O)c2c(C)nn(-c3ccccc3)c2C)N2CCOCC2)cc1. The second-order valence-electron chi connectivity index (χ2n) is 7.94. The van der Waals surface area contributed by atoms with Gasteiger partial charge in [-0.15, -0.1) is 0 Å².